The highest BCUT2D eigenvalue weighted by atomic mass is 32.1. The third-order valence-electron chi connectivity index (χ3n) is 4.50. The van der Waals surface area contributed by atoms with Crippen LogP contribution in [0.3, 0.4) is 0 Å². The Morgan fingerprint density at radius 2 is 1.95 bits per heavy atom. The Morgan fingerprint density at radius 3 is 2.80 bits per heavy atom. The van der Waals surface area contributed by atoms with Gasteiger partial charge in [-0.05, 0) is 44.1 Å². The zero-order valence-corrected chi connectivity index (χ0v) is 12.3. The van der Waals surface area contributed by atoms with E-state index in [2.05, 4.69) is 10.3 Å². The first-order valence-electron chi connectivity index (χ1n) is 7.62. The average molecular weight is 289 g/mol. The predicted molar refractivity (Wildman–Crippen MR) is 82.8 cm³/mol. The third-order valence-corrected chi connectivity index (χ3v) is 5.78. The smallest absolute Gasteiger partial charge is 0.270 e. The monoisotopic (exact) mass is 289 g/mol. The van der Waals surface area contributed by atoms with Crippen LogP contribution in [-0.2, 0) is 12.8 Å². The molecule has 2 N–H and O–H groups in total. The highest BCUT2D eigenvalue weighted by Crippen LogP contribution is 2.34. The normalized spacial score (nSPS) is 19.4. The molecule has 2 aromatic heterocycles. The number of rotatable bonds is 2. The van der Waals surface area contributed by atoms with E-state index in [1.165, 1.54) is 49.0 Å². The summed E-state index contributed by atoms with van der Waals surface area (Å²) in [5.41, 5.74) is 2.31. The molecule has 0 aromatic carbocycles. The van der Waals surface area contributed by atoms with E-state index >= 15 is 0 Å². The molecule has 5 heteroatoms. The molecule has 0 amide bonds. The van der Waals surface area contributed by atoms with E-state index in [0.717, 1.165) is 23.1 Å². The quantitative estimate of drug-likeness (QED) is 0.892. The zero-order chi connectivity index (χ0) is 13.5. The topological polar surface area (TPSA) is 57.8 Å². The van der Waals surface area contributed by atoms with Crippen LogP contribution in [0.25, 0.3) is 10.2 Å². The summed E-state index contributed by atoms with van der Waals surface area (Å²) >= 11 is 1.64. The summed E-state index contributed by atoms with van der Waals surface area (Å²) in [6.45, 7) is 0. The molecule has 2 heterocycles. The van der Waals surface area contributed by atoms with Crippen LogP contribution in [0.1, 0.15) is 49.0 Å². The van der Waals surface area contributed by atoms with Crippen LogP contribution >= 0.6 is 11.3 Å². The van der Waals surface area contributed by atoms with Crippen molar-refractivity contribution in [3.8, 4) is 0 Å². The molecule has 0 unspecified atom stereocenters. The van der Waals surface area contributed by atoms with Crippen LogP contribution in [0.4, 0.5) is 5.95 Å². The number of nitrogens with one attached hydrogen (secondary N) is 2. The minimum Gasteiger partial charge on any atom is -0.353 e. The Labute approximate surface area is 121 Å². The average Bonchev–Trinajstić information content (AvgIpc) is 3.07. The number of aromatic nitrogens is 2. The predicted octanol–water partition coefficient (Wildman–Crippen LogP) is 3.22. The second-order valence-corrected chi connectivity index (χ2v) is 7.03. The zero-order valence-electron chi connectivity index (χ0n) is 11.5. The van der Waals surface area contributed by atoms with Gasteiger partial charge in [0.15, 0.2) is 0 Å². The minimum atomic E-state index is 0.0231. The highest BCUT2D eigenvalue weighted by molar-refractivity contribution is 7.19. The number of fused-ring (bicyclic) bond motifs is 3. The van der Waals surface area contributed by atoms with E-state index in [4.69, 9.17) is 4.98 Å². The summed E-state index contributed by atoms with van der Waals surface area (Å²) in [5.74, 6) is 0.667. The molecule has 2 aromatic rings. The lowest BCUT2D eigenvalue weighted by Crippen LogP contribution is -2.20. The van der Waals surface area contributed by atoms with Gasteiger partial charge in [-0.15, -0.1) is 11.3 Å². The molecule has 2 aliphatic carbocycles. The number of nitrogens with zero attached hydrogens (tertiary/aromatic N) is 1. The van der Waals surface area contributed by atoms with Gasteiger partial charge in [-0.3, -0.25) is 9.78 Å². The molecule has 2 aliphatic rings. The van der Waals surface area contributed by atoms with E-state index in [0.29, 0.717) is 12.0 Å². The van der Waals surface area contributed by atoms with Crippen molar-refractivity contribution in [3.05, 3.63) is 20.8 Å². The number of anilines is 1. The van der Waals surface area contributed by atoms with Crippen molar-refractivity contribution >= 4 is 27.5 Å². The number of hydrogen-bond acceptors (Lipinski definition) is 4. The fourth-order valence-electron chi connectivity index (χ4n) is 3.46. The second kappa shape index (κ2) is 4.88. The van der Waals surface area contributed by atoms with E-state index in [1.54, 1.807) is 11.3 Å². The van der Waals surface area contributed by atoms with Gasteiger partial charge in [0, 0.05) is 10.9 Å². The Hall–Kier alpha value is -1.36. The number of thiophene rings is 1. The van der Waals surface area contributed by atoms with E-state index in [9.17, 15) is 4.79 Å². The van der Waals surface area contributed by atoms with Crippen molar-refractivity contribution < 1.29 is 0 Å². The summed E-state index contributed by atoms with van der Waals surface area (Å²) < 4.78 is 0.814. The lowest BCUT2D eigenvalue weighted by atomic mass is 9.98. The Morgan fingerprint density at radius 1 is 1.15 bits per heavy atom. The molecule has 0 radical (unpaired) electrons. The fourth-order valence-corrected chi connectivity index (χ4v) is 4.68. The maximum Gasteiger partial charge on any atom is 0.270 e. The lowest BCUT2D eigenvalue weighted by Gasteiger charge is -2.13. The van der Waals surface area contributed by atoms with Gasteiger partial charge in [0.25, 0.3) is 5.56 Å². The number of aromatic amines is 1. The SMILES string of the molecule is O=c1[nH]c(NC2CCCC2)nc2c3c(sc12)CCCC3. The van der Waals surface area contributed by atoms with E-state index < -0.39 is 0 Å². The molecule has 0 spiro atoms. The van der Waals surface area contributed by atoms with Gasteiger partial charge in [-0.25, -0.2) is 4.98 Å². The number of hydrogen-bond donors (Lipinski definition) is 2. The largest absolute Gasteiger partial charge is 0.353 e. The van der Waals surface area contributed by atoms with Crippen molar-refractivity contribution in [2.45, 2.75) is 57.4 Å². The van der Waals surface area contributed by atoms with Crippen molar-refractivity contribution in [3.63, 3.8) is 0 Å². The maximum atomic E-state index is 12.3. The summed E-state index contributed by atoms with van der Waals surface area (Å²) in [5, 5.41) is 3.41. The van der Waals surface area contributed by atoms with Crippen LogP contribution < -0.4 is 10.9 Å². The molecule has 20 heavy (non-hydrogen) atoms. The van der Waals surface area contributed by atoms with Crippen LogP contribution in [0.15, 0.2) is 4.79 Å². The Bertz CT molecular complexity index is 697. The lowest BCUT2D eigenvalue weighted by molar-refractivity contribution is 0.699. The van der Waals surface area contributed by atoms with Gasteiger partial charge < -0.3 is 5.32 Å². The first kappa shape index (κ1) is 12.4. The Kier molecular flexibility index (Phi) is 3.02. The molecule has 1 saturated carbocycles. The van der Waals surface area contributed by atoms with Crippen molar-refractivity contribution in [1.82, 2.24) is 9.97 Å². The summed E-state index contributed by atoms with van der Waals surface area (Å²) in [6.07, 6.45) is 9.57. The fraction of sp³-hybridized carbons (Fsp3) is 0.600. The molecule has 4 rings (SSSR count). The number of H-pyrrole nitrogens is 1. The summed E-state index contributed by atoms with van der Waals surface area (Å²) in [6, 6.07) is 0.477. The second-order valence-electron chi connectivity index (χ2n) is 5.93. The van der Waals surface area contributed by atoms with Crippen LogP contribution in [-0.4, -0.2) is 16.0 Å². The van der Waals surface area contributed by atoms with Gasteiger partial charge in [-0.2, -0.15) is 0 Å². The van der Waals surface area contributed by atoms with Gasteiger partial charge in [0.1, 0.15) is 4.70 Å². The van der Waals surface area contributed by atoms with E-state index in [-0.39, 0.29) is 5.56 Å². The van der Waals surface area contributed by atoms with E-state index in [1.807, 2.05) is 0 Å². The molecule has 0 atom stereocenters. The van der Waals surface area contributed by atoms with Crippen molar-refractivity contribution in [2.75, 3.05) is 5.32 Å². The van der Waals surface area contributed by atoms with Gasteiger partial charge in [0.05, 0.1) is 5.52 Å². The molecule has 0 saturated heterocycles. The van der Waals surface area contributed by atoms with Crippen LogP contribution in [0.2, 0.25) is 0 Å². The maximum absolute atomic E-state index is 12.3. The molecule has 4 nitrogen and oxygen atoms in total. The van der Waals surface area contributed by atoms with Gasteiger partial charge in [0.2, 0.25) is 5.95 Å². The standard InChI is InChI=1S/C15H19N3OS/c19-14-13-12(10-7-3-4-8-11(10)20-13)17-15(18-14)16-9-5-1-2-6-9/h9H,1-8H2,(H2,16,17,18,19). The molecular formula is C15H19N3OS. The van der Waals surface area contributed by atoms with Gasteiger partial charge in [-0.1, -0.05) is 12.8 Å². The molecular weight excluding hydrogens is 270 g/mol. The Balaban J connectivity index is 1.77. The third kappa shape index (κ3) is 2.04. The van der Waals surface area contributed by atoms with Crippen molar-refractivity contribution in [2.24, 2.45) is 0 Å². The minimum absolute atomic E-state index is 0.0231. The first-order chi connectivity index (χ1) is 9.81. The molecule has 0 bridgehead atoms. The number of aryl methyl sites for hydroxylation is 2. The summed E-state index contributed by atoms with van der Waals surface area (Å²) in [7, 11) is 0. The van der Waals surface area contributed by atoms with Crippen LogP contribution in [0, 0.1) is 0 Å². The first-order valence-corrected chi connectivity index (χ1v) is 8.44. The van der Waals surface area contributed by atoms with Gasteiger partial charge >= 0.3 is 0 Å². The van der Waals surface area contributed by atoms with Crippen molar-refractivity contribution in [1.29, 1.82) is 0 Å². The molecule has 106 valence electrons. The highest BCUT2D eigenvalue weighted by Gasteiger charge is 2.21. The molecule has 1 fully saturated rings. The molecule has 0 aliphatic heterocycles. The van der Waals surface area contributed by atoms with Crippen LogP contribution in [0.5, 0.6) is 0 Å². The summed E-state index contributed by atoms with van der Waals surface area (Å²) in [4.78, 5) is 21.3.